The topological polar surface area (TPSA) is 69.6 Å². The number of likely N-dealkylation sites (N-methyl/N-ethyl adjacent to an activating group) is 1. The first kappa shape index (κ1) is 20.1. The predicted molar refractivity (Wildman–Crippen MR) is 119 cm³/mol. The van der Waals surface area contributed by atoms with Gasteiger partial charge in [-0.1, -0.05) is 18.2 Å². The number of amides is 3. The van der Waals surface area contributed by atoms with Crippen LogP contribution >= 0.6 is 11.3 Å². The summed E-state index contributed by atoms with van der Waals surface area (Å²) in [7, 11) is 0. The number of pyridine rings is 1. The van der Waals surface area contributed by atoms with Crippen LogP contribution in [0, 0.1) is 0 Å². The Balaban J connectivity index is 1.30. The van der Waals surface area contributed by atoms with Crippen LogP contribution in [0.1, 0.15) is 30.5 Å². The summed E-state index contributed by atoms with van der Waals surface area (Å²) in [6.07, 6.45) is 2.98. The molecule has 160 valence electrons. The molecule has 1 aromatic carbocycles. The molecule has 3 amide bonds. The molecule has 0 unspecified atom stereocenters. The number of carbonyl (C=O) groups is 2. The number of aromatic nitrogens is 2. The monoisotopic (exact) mass is 435 g/mol. The first-order valence-electron chi connectivity index (χ1n) is 10.7. The van der Waals surface area contributed by atoms with Crippen LogP contribution in [0.2, 0.25) is 0 Å². The van der Waals surface area contributed by atoms with Crippen LogP contribution in [-0.4, -0.2) is 61.8 Å². The predicted octanol–water partition coefficient (Wildman–Crippen LogP) is 3.51. The van der Waals surface area contributed by atoms with Crippen molar-refractivity contribution in [3.8, 4) is 0 Å². The van der Waals surface area contributed by atoms with Crippen LogP contribution < -0.4 is 0 Å². The molecule has 3 aromatic rings. The van der Waals surface area contributed by atoms with Crippen molar-refractivity contribution < 1.29 is 9.59 Å². The first-order chi connectivity index (χ1) is 15.1. The van der Waals surface area contributed by atoms with E-state index in [1.54, 1.807) is 22.4 Å². The van der Waals surface area contributed by atoms with Gasteiger partial charge in [0.25, 0.3) is 5.91 Å². The number of nitrogens with zero attached hydrogens (tertiary/aromatic N) is 5. The van der Waals surface area contributed by atoms with Gasteiger partial charge in [-0.05, 0) is 44.0 Å². The number of hydrogen-bond donors (Lipinski definition) is 0. The van der Waals surface area contributed by atoms with E-state index in [1.807, 2.05) is 43.3 Å². The minimum Gasteiger partial charge on any atom is -0.310 e. The van der Waals surface area contributed by atoms with Gasteiger partial charge in [-0.15, -0.1) is 11.3 Å². The lowest BCUT2D eigenvalue weighted by Gasteiger charge is -2.41. The van der Waals surface area contributed by atoms with Crippen LogP contribution in [-0.2, 0) is 17.9 Å². The van der Waals surface area contributed by atoms with E-state index in [9.17, 15) is 9.59 Å². The number of thiazole rings is 1. The van der Waals surface area contributed by atoms with Crippen LogP contribution in [0.25, 0.3) is 10.2 Å². The third-order valence-electron chi connectivity index (χ3n) is 6.36. The van der Waals surface area contributed by atoms with E-state index < -0.39 is 5.54 Å². The van der Waals surface area contributed by atoms with Gasteiger partial charge in [0.1, 0.15) is 10.5 Å². The van der Waals surface area contributed by atoms with E-state index in [2.05, 4.69) is 16.0 Å². The van der Waals surface area contributed by atoms with Gasteiger partial charge < -0.3 is 4.90 Å². The van der Waals surface area contributed by atoms with Crippen molar-refractivity contribution in [2.24, 2.45) is 0 Å². The van der Waals surface area contributed by atoms with Gasteiger partial charge in [0.2, 0.25) is 0 Å². The third kappa shape index (κ3) is 3.49. The largest absolute Gasteiger partial charge is 0.328 e. The summed E-state index contributed by atoms with van der Waals surface area (Å²) in [6.45, 7) is 5.02. The Hall–Kier alpha value is -2.84. The van der Waals surface area contributed by atoms with E-state index in [-0.39, 0.29) is 18.5 Å². The number of para-hydroxylation sites is 1. The Morgan fingerprint density at radius 2 is 1.81 bits per heavy atom. The first-order valence-corrected chi connectivity index (χ1v) is 11.5. The van der Waals surface area contributed by atoms with Crippen LogP contribution in [0.5, 0.6) is 0 Å². The van der Waals surface area contributed by atoms with Crippen molar-refractivity contribution in [1.82, 2.24) is 24.7 Å². The van der Waals surface area contributed by atoms with Gasteiger partial charge in [0.05, 0.1) is 29.0 Å². The average molecular weight is 436 g/mol. The molecule has 0 bridgehead atoms. The highest BCUT2D eigenvalue weighted by Crippen LogP contribution is 2.38. The van der Waals surface area contributed by atoms with Crippen molar-refractivity contribution in [2.45, 2.75) is 38.4 Å². The van der Waals surface area contributed by atoms with Gasteiger partial charge >= 0.3 is 6.03 Å². The second-order valence-electron chi connectivity index (χ2n) is 8.12. The summed E-state index contributed by atoms with van der Waals surface area (Å²) in [5.74, 6) is -0.0790. The Morgan fingerprint density at radius 1 is 1.03 bits per heavy atom. The second-order valence-corrected chi connectivity index (χ2v) is 9.24. The SMILES string of the molecule is CCN1C(=O)N(Cc2ccccn2)C(=O)C12CCN(Cc1nc3ccccc3s1)CC2. The molecule has 2 aliphatic heterocycles. The van der Waals surface area contributed by atoms with Crippen LogP contribution in [0.3, 0.4) is 0 Å². The van der Waals surface area contributed by atoms with E-state index in [1.165, 1.54) is 9.60 Å². The number of fused-ring (bicyclic) bond motifs is 1. The minimum absolute atomic E-state index is 0.0790. The highest BCUT2D eigenvalue weighted by atomic mass is 32.1. The Bertz CT molecular complexity index is 1070. The lowest BCUT2D eigenvalue weighted by Crippen LogP contribution is -2.56. The van der Waals surface area contributed by atoms with Gasteiger partial charge in [-0.3, -0.25) is 19.6 Å². The van der Waals surface area contributed by atoms with Crippen molar-refractivity contribution in [1.29, 1.82) is 0 Å². The van der Waals surface area contributed by atoms with Gasteiger partial charge in [-0.2, -0.15) is 0 Å². The van der Waals surface area contributed by atoms with Gasteiger partial charge in [0, 0.05) is 25.8 Å². The number of imide groups is 1. The van der Waals surface area contributed by atoms with Crippen molar-refractivity contribution in [3.05, 3.63) is 59.4 Å². The molecular weight excluding hydrogens is 410 g/mol. The third-order valence-corrected chi connectivity index (χ3v) is 7.39. The molecule has 0 aliphatic carbocycles. The molecule has 0 saturated carbocycles. The summed E-state index contributed by atoms with van der Waals surface area (Å²) in [5.41, 5.74) is 1.03. The number of carbonyl (C=O) groups excluding carboxylic acids is 2. The number of benzene rings is 1. The van der Waals surface area contributed by atoms with E-state index in [0.717, 1.165) is 35.9 Å². The summed E-state index contributed by atoms with van der Waals surface area (Å²) in [6, 6.07) is 13.5. The highest BCUT2D eigenvalue weighted by Gasteiger charge is 2.57. The molecule has 2 aliphatic rings. The molecule has 1 spiro atoms. The van der Waals surface area contributed by atoms with Gasteiger partial charge in [0.15, 0.2) is 0 Å². The van der Waals surface area contributed by atoms with E-state index >= 15 is 0 Å². The molecule has 0 radical (unpaired) electrons. The molecular formula is C23H25N5O2S. The second kappa shape index (κ2) is 8.01. The standard InChI is InChI=1S/C23H25N5O2S/c1-2-28-22(30)27(15-17-7-5-6-12-24-17)21(29)23(28)10-13-26(14-11-23)16-20-25-18-8-3-4-9-19(18)31-20/h3-9,12H,2,10-11,13-16H2,1H3. The highest BCUT2D eigenvalue weighted by molar-refractivity contribution is 7.18. The maximum absolute atomic E-state index is 13.5. The molecule has 2 saturated heterocycles. The van der Waals surface area contributed by atoms with E-state index in [4.69, 9.17) is 4.98 Å². The number of piperidine rings is 1. The Morgan fingerprint density at radius 3 is 2.52 bits per heavy atom. The summed E-state index contributed by atoms with van der Waals surface area (Å²) in [5, 5.41) is 1.09. The van der Waals surface area contributed by atoms with Crippen molar-refractivity contribution >= 4 is 33.5 Å². The fourth-order valence-electron chi connectivity index (χ4n) is 4.76. The Kier molecular flexibility index (Phi) is 5.19. The fourth-order valence-corrected chi connectivity index (χ4v) is 5.77. The minimum atomic E-state index is -0.731. The molecule has 0 atom stereocenters. The maximum Gasteiger partial charge on any atom is 0.328 e. The zero-order valence-electron chi connectivity index (χ0n) is 17.5. The summed E-state index contributed by atoms with van der Waals surface area (Å²) in [4.78, 5) is 41.1. The number of likely N-dealkylation sites (tertiary alicyclic amines) is 1. The lowest BCUT2D eigenvalue weighted by molar-refractivity contribution is -0.136. The normalized spacial score (nSPS) is 19.1. The van der Waals surface area contributed by atoms with E-state index in [0.29, 0.717) is 19.4 Å². The lowest BCUT2D eigenvalue weighted by atomic mass is 9.86. The zero-order valence-corrected chi connectivity index (χ0v) is 18.3. The average Bonchev–Trinajstić information content (AvgIpc) is 3.28. The fraction of sp³-hybridized carbons (Fsp3) is 0.391. The number of rotatable bonds is 5. The Labute approximate surface area is 185 Å². The maximum atomic E-state index is 13.5. The molecule has 4 heterocycles. The van der Waals surface area contributed by atoms with Crippen LogP contribution in [0.4, 0.5) is 4.79 Å². The molecule has 2 fully saturated rings. The molecule has 0 N–H and O–H groups in total. The molecule has 2 aromatic heterocycles. The number of urea groups is 1. The van der Waals surface area contributed by atoms with Crippen LogP contribution in [0.15, 0.2) is 48.7 Å². The van der Waals surface area contributed by atoms with Crippen molar-refractivity contribution in [2.75, 3.05) is 19.6 Å². The molecule has 8 heteroatoms. The number of hydrogen-bond acceptors (Lipinski definition) is 6. The summed E-state index contributed by atoms with van der Waals surface area (Å²) < 4.78 is 1.20. The summed E-state index contributed by atoms with van der Waals surface area (Å²) >= 11 is 1.72. The van der Waals surface area contributed by atoms with Gasteiger partial charge in [-0.25, -0.2) is 9.78 Å². The zero-order chi connectivity index (χ0) is 21.4. The molecule has 7 nitrogen and oxygen atoms in total. The quantitative estimate of drug-likeness (QED) is 0.574. The molecule has 31 heavy (non-hydrogen) atoms. The molecule has 5 rings (SSSR count). The van der Waals surface area contributed by atoms with Crippen molar-refractivity contribution in [3.63, 3.8) is 0 Å². The smallest absolute Gasteiger partial charge is 0.310 e.